The van der Waals surface area contributed by atoms with Crippen LogP contribution in [-0.4, -0.2) is 17.5 Å². The van der Waals surface area contributed by atoms with E-state index in [1.807, 2.05) is 26.8 Å². The quantitative estimate of drug-likeness (QED) is 0.631. The lowest BCUT2D eigenvalue weighted by molar-refractivity contribution is -0.385. The first-order chi connectivity index (χ1) is 7.97. The predicted molar refractivity (Wildman–Crippen MR) is 69.4 cm³/mol. The predicted octanol–water partition coefficient (Wildman–Crippen LogP) is 3.00. The van der Waals surface area contributed by atoms with Crippen LogP contribution in [0.25, 0.3) is 0 Å². The molecule has 0 aromatic heterocycles. The van der Waals surface area contributed by atoms with Crippen LogP contribution in [0.15, 0.2) is 18.2 Å². The molecule has 0 saturated carbocycles. The Balaban J connectivity index is 3.10. The van der Waals surface area contributed by atoms with Gasteiger partial charge in [-0.15, -0.1) is 0 Å². The monoisotopic (exact) mass is 236 g/mol. The molecule has 0 saturated heterocycles. The van der Waals surface area contributed by atoms with Gasteiger partial charge in [0.25, 0.3) is 5.69 Å². The maximum Gasteiger partial charge on any atom is 0.272 e. The standard InChI is InChI=1S/C13H20N2O2/c1-5-14-11(4)10(3)12-8-9(2)6-7-13(12)15(16)17/h6-8,10-11,14H,5H2,1-4H3. The molecule has 94 valence electrons. The molecule has 0 aliphatic rings. The van der Waals surface area contributed by atoms with Crippen molar-refractivity contribution in [3.8, 4) is 0 Å². The topological polar surface area (TPSA) is 55.2 Å². The fraction of sp³-hybridized carbons (Fsp3) is 0.538. The van der Waals surface area contributed by atoms with Gasteiger partial charge in [0.15, 0.2) is 0 Å². The van der Waals surface area contributed by atoms with Crippen molar-refractivity contribution < 1.29 is 4.92 Å². The molecule has 4 nitrogen and oxygen atoms in total. The number of rotatable bonds is 5. The number of likely N-dealkylation sites (N-methyl/N-ethyl adjacent to an activating group) is 1. The van der Waals surface area contributed by atoms with Crippen molar-refractivity contribution in [1.82, 2.24) is 5.32 Å². The van der Waals surface area contributed by atoms with Gasteiger partial charge in [-0.05, 0) is 26.5 Å². The molecule has 1 N–H and O–H groups in total. The lowest BCUT2D eigenvalue weighted by atomic mass is 9.91. The van der Waals surface area contributed by atoms with Crippen molar-refractivity contribution in [2.24, 2.45) is 0 Å². The summed E-state index contributed by atoms with van der Waals surface area (Å²) in [6.45, 7) is 8.94. The molecule has 1 aromatic rings. The van der Waals surface area contributed by atoms with Crippen LogP contribution in [0.5, 0.6) is 0 Å². The molecule has 0 spiro atoms. The fourth-order valence-electron chi connectivity index (χ4n) is 1.97. The van der Waals surface area contributed by atoms with Crippen LogP contribution < -0.4 is 5.32 Å². The van der Waals surface area contributed by atoms with Crippen molar-refractivity contribution in [2.45, 2.75) is 39.7 Å². The summed E-state index contributed by atoms with van der Waals surface area (Å²) in [4.78, 5) is 10.7. The van der Waals surface area contributed by atoms with Crippen LogP contribution in [0.3, 0.4) is 0 Å². The van der Waals surface area contributed by atoms with Crippen LogP contribution in [0.1, 0.15) is 37.8 Å². The SMILES string of the molecule is CCNC(C)C(C)c1cc(C)ccc1[N+](=O)[O-]. The van der Waals surface area contributed by atoms with Crippen LogP contribution in [0.2, 0.25) is 0 Å². The molecule has 17 heavy (non-hydrogen) atoms. The molecule has 0 heterocycles. The van der Waals surface area contributed by atoms with E-state index in [2.05, 4.69) is 12.2 Å². The van der Waals surface area contributed by atoms with E-state index in [4.69, 9.17) is 0 Å². The molecule has 0 amide bonds. The van der Waals surface area contributed by atoms with E-state index >= 15 is 0 Å². The van der Waals surface area contributed by atoms with Gasteiger partial charge < -0.3 is 5.32 Å². The molecule has 0 aliphatic heterocycles. The zero-order valence-electron chi connectivity index (χ0n) is 10.9. The summed E-state index contributed by atoms with van der Waals surface area (Å²) in [6, 6.07) is 5.52. The molecule has 0 bridgehead atoms. The molecule has 2 unspecified atom stereocenters. The minimum atomic E-state index is -0.302. The highest BCUT2D eigenvalue weighted by Crippen LogP contribution is 2.29. The Hall–Kier alpha value is -1.42. The minimum absolute atomic E-state index is 0.121. The van der Waals surface area contributed by atoms with Crippen LogP contribution in [-0.2, 0) is 0 Å². The van der Waals surface area contributed by atoms with Crippen LogP contribution >= 0.6 is 0 Å². The van der Waals surface area contributed by atoms with Gasteiger partial charge in [-0.25, -0.2) is 0 Å². The van der Waals surface area contributed by atoms with E-state index in [1.54, 1.807) is 12.1 Å². The smallest absolute Gasteiger partial charge is 0.272 e. The molecule has 0 aliphatic carbocycles. The second kappa shape index (κ2) is 5.77. The Labute approximate surface area is 102 Å². The molecule has 0 fully saturated rings. The van der Waals surface area contributed by atoms with Gasteiger partial charge in [0.1, 0.15) is 0 Å². The van der Waals surface area contributed by atoms with Crippen molar-refractivity contribution >= 4 is 5.69 Å². The number of hydrogen-bond donors (Lipinski definition) is 1. The highest BCUT2D eigenvalue weighted by molar-refractivity contribution is 5.45. The first kappa shape index (κ1) is 13.6. The minimum Gasteiger partial charge on any atom is -0.314 e. The zero-order valence-corrected chi connectivity index (χ0v) is 10.9. The summed E-state index contributed by atoms with van der Waals surface area (Å²) >= 11 is 0. The molecular weight excluding hydrogens is 216 g/mol. The lowest BCUT2D eigenvalue weighted by Gasteiger charge is -2.21. The van der Waals surface area contributed by atoms with Gasteiger partial charge in [-0.2, -0.15) is 0 Å². The Kier molecular flexibility index (Phi) is 4.63. The molecular formula is C13H20N2O2. The Morgan fingerprint density at radius 2 is 2.06 bits per heavy atom. The summed E-state index contributed by atoms with van der Waals surface area (Å²) in [5.41, 5.74) is 2.08. The number of aryl methyl sites for hydroxylation is 1. The first-order valence-corrected chi connectivity index (χ1v) is 5.95. The zero-order chi connectivity index (χ0) is 13.0. The Morgan fingerprint density at radius 1 is 1.41 bits per heavy atom. The summed E-state index contributed by atoms with van der Waals surface area (Å²) in [6.07, 6.45) is 0. The molecule has 0 radical (unpaired) electrons. The largest absolute Gasteiger partial charge is 0.314 e. The van der Waals surface area contributed by atoms with E-state index in [1.165, 1.54) is 0 Å². The van der Waals surface area contributed by atoms with E-state index in [9.17, 15) is 10.1 Å². The van der Waals surface area contributed by atoms with E-state index in [-0.39, 0.29) is 22.6 Å². The second-order valence-electron chi connectivity index (χ2n) is 4.45. The average Bonchev–Trinajstić information content (AvgIpc) is 2.27. The van der Waals surface area contributed by atoms with E-state index in [0.717, 1.165) is 17.7 Å². The average molecular weight is 236 g/mol. The van der Waals surface area contributed by atoms with Gasteiger partial charge in [0, 0.05) is 23.6 Å². The van der Waals surface area contributed by atoms with Gasteiger partial charge in [0.2, 0.25) is 0 Å². The third-order valence-corrected chi connectivity index (χ3v) is 3.15. The first-order valence-electron chi connectivity index (χ1n) is 5.95. The van der Waals surface area contributed by atoms with Gasteiger partial charge >= 0.3 is 0 Å². The number of nitro groups is 1. The molecule has 1 aromatic carbocycles. The summed E-state index contributed by atoms with van der Waals surface area (Å²) < 4.78 is 0. The van der Waals surface area contributed by atoms with Crippen molar-refractivity contribution in [2.75, 3.05) is 6.54 Å². The number of nitro benzene ring substituents is 1. The van der Waals surface area contributed by atoms with E-state index < -0.39 is 0 Å². The maximum atomic E-state index is 11.0. The maximum absolute atomic E-state index is 11.0. The van der Waals surface area contributed by atoms with Gasteiger partial charge in [-0.1, -0.05) is 25.5 Å². The highest BCUT2D eigenvalue weighted by atomic mass is 16.6. The second-order valence-corrected chi connectivity index (χ2v) is 4.45. The number of nitrogens with zero attached hydrogens (tertiary/aromatic N) is 1. The van der Waals surface area contributed by atoms with Crippen molar-refractivity contribution in [1.29, 1.82) is 0 Å². The highest BCUT2D eigenvalue weighted by Gasteiger charge is 2.22. The molecule has 2 atom stereocenters. The Bertz CT molecular complexity index is 404. The molecule has 1 rings (SSSR count). The van der Waals surface area contributed by atoms with Gasteiger partial charge in [-0.3, -0.25) is 10.1 Å². The van der Waals surface area contributed by atoms with Gasteiger partial charge in [0.05, 0.1) is 4.92 Å². The third kappa shape index (κ3) is 3.27. The number of benzene rings is 1. The number of hydrogen-bond acceptors (Lipinski definition) is 3. The summed E-state index contributed by atoms with van der Waals surface area (Å²) in [5.74, 6) is 0.121. The van der Waals surface area contributed by atoms with Crippen molar-refractivity contribution in [3.05, 3.63) is 39.4 Å². The summed E-state index contributed by atoms with van der Waals surface area (Å²) in [5, 5.41) is 14.3. The normalized spacial score (nSPS) is 14.4. The summed E-state index contributed by atoms with van der Waals surface area (Å²) in [7, 11) is 0. The third-order valence-electron chi connectivity index (χ3n) is 3.15. The number of nitrogens with one attached hydrogen (secondary N) is 1. The van der Waals surface area contributed by atoms with Crippen molar-refractivity contribution in [3.63, 3.8) is 0 Å². The Morgan fingerprint density at radius 3 is 2.59 bits per heavy atom. The molecule has 4 heteroatoms. The van der Waals surface area contributed by atoms with Crippen LogP contribution in [0, 0.1) is 17.0 Å². The van der Waals surface area contributed by atoms with E-state index in [0.29, 0.717) is 0 Å². The van der Waals surface area contributed by atoms with Crippen LogP contribution in [0.4, 0.5) is 5.69 Å². The lowest BCUT2D eigenvalue weighted by Crippen LogP contribution is -2.30. The fourth-order valence-corrected chi connectivity index (χ4v) is 1.97.